The summed E-state index contributed by atoms with van der Waals surface area (Å²) in [7, 11) is 0. The minimum Gasteiger partial charge on any atom is -0.369 e. The van der Waals surface area contributed by atoms with Gasteiger partial charge in [-0.3, -0.25) is 14.6 Å². The van der Waals surface area contributed by atoms with Crippen molar-refractivity contribution in [3.63, 3.8) is 0 Å². The van der Waals surface area contributed by atoms with Crippen LogP contribution in [0.25, 0.3) is 0 Å². The number of amides is 2. The van der Waals surface area contributed by atoms with Gasteiger partial charge in [-0.05, 0) is 42.9 Å². The fourth-order valence-corrected chi connectivity index (χ4v) is 3.10. The largest absolute Gasteiger partial charge is 0.369 e. The van der Waals surface area contributed by atoms with Gasteiger partial charge in [-0.25, -0.2) is 0 Å². The van der Waals surface area contributed by atoms with E-state index in [1.54, 1.807) is 30.5 Å². The zero-order valence-electron chi connectivity index (χ0n) is 15.7. The highest BCUT2D eigenvalue weighted by Gasteiger charge is 2.17. The topological polar surface area (TPSA) is 77.6 Å². The Balaban J connectivity index is 1.64. The first kappa shape index (κ1) is 18.8. The van der Waals surface area contributed by atoms with Crippen LogP contribution < -0.4 is 15.5 Å². The number of nitrogens with zero attached hydrogens (tertiary/aromatic N) is 3. The number of rotatable bonds is 5. The number of aromatic nitrogens is 1. The normalized spacial score (nSPS) is 14.7. The number of hydrogen-bond acceptors (Lipinski definition) is 5. The van der Waals surface area contributed by atoms with Crippen LogP contribution in [0.2, 0.25) is 0 Å². The van der Waals surface area contributed by atoms with Crippen molar-refractivity contribution >= 4 is 28.9 Å². The number of benzene rings is 1. The Morgan fingerprint density at radius 1 is 1.00 bits per heavy atom. The van der Waals surface area contributed by atoms with Gasteiger partial charge in [0.15, 0.2) is 0 Å². The van der Waals surface area contributed by atoms with Gasteiger partial charge >= 0.3 is 0 Å². The first-order valence-corrected chi connectivity index (χ1v) is 9.17. The zero-order chi connectivity index (χ0) is 19.2. The van der Waals surface area contributed by atoms with E-state index in [2.05, 4.69) is 32.3 Å². The molecule has 0 atom stereocenters. The maximum atomic E-state index is 12.5. The summed E-state index contributed by atoms with van der Waals surface area (Å²) in [6.45, 7) is 8.65. The molecule has 1 saturated heterocycles. The number of piperazine rings is 1. The van der Waals surface area contributed by atoms with Gasteiger partial charge in [-0.1, -0.05) is 6.92 Å². The Labute approximate surface area is 159 Å². The molecule has 7 heteroatoms. The van der Waals surface area contributed by atoms with Crippen molar-refractivity contribution < 1.29 is 9.59 Å². The number of carbonyl (C=O) groups is 2. The third-order valence-electron chi connectivity index (χ3n) is 4.62. The van der Waals surface area contributed by atoms with Crippen molar-refractivity contribution in [1.29, 1.82) is 0 Å². The van der Waals surface area contributed by atoms with Crippen molar-refractivity contribution in [3.05, 3.63) is 48.3 Å². The fraction of sp³-hybridized carbons (Fsp3) is 0.350. The molecule has 0 saturated carbocycles. The van der Waals surface area contributed by atoms with E-state index in [9.17, 15) is 9.59 Å². The number of likely N-dealkylation sites (N-methyl/N-ethyl adjacent to an activating group) is 1. The molecule has 1 aromatic heterocycles. The van der Waals surface area contributed by atoms with Crippen LogP contribution in [0.3, 0.4) is 0 Å². The molecule has 1 aromatic carbocycles. The average molecular weight is 367 g/mol. The summed E-state index contributed by atoms with van der Waals surface area (Å²) in [4.78, 5) is 32.5. The molecule has 142 valence electrons. The minimum atomic E-state index is -0.253. The highest BCUT2D eigenvalue weighted by molar-refractivity contribution is 6.03. The van der Waals surface area contributed by atoms with Crippen molar-refractivity contribution in [2.45, 2.75) is 13.8 Å². The van der Waals surface area contributed by atoms with E-state index in [4.69, 9.17) is 0 Å². The standard InChI is InChI=1S/C20H25N5O2/c1-3-24-10-12-25(13-11-24)18-8-9-21-19(14-18)20(27)23-17-6-4-16(5-7-17)22-15(2)26/h4-9,14H,3,10-13H2,1-2H3,(H,22,26)(H,23,27). The van der Waals surface area contributed by atoms with Crippen LogP contribution in [-0.4, -0.2) is 54.4 Å². The van der Waals surface area contributed by atoms with Gasteiger partial charge in [0, 0.05) is 56.4 Å². The Morgan fingerprint density at radius 3 is 2.22 bits per heavy atom. The Kier molecular flexibility index (Phi) is 6.03. The summed E-state index contributed by atoms with van der Waals surface area (Å²) < 4.78 is 0. The first-order valence-electron chi connectivity index (χ1n) is 9.17. The molecular formula is C20H25N5O2. The third-order valence-corrected chi connectivity index (χ3v) is 4.62. The van der Waals surface area contributed by atoms with E-state index >= 15 is 0 Å². The molecule has 0 bridgehead atoms. The summed E-state index contributed by atoms with van der Waals surface area (Å²) >= 11 is 0. The predicted octanol–water partition coefficient (Wildman–Crippen LogP) is 2.43. The van der Waals surface area contributed by atoms with E-state index in [-0.39, 0.29) is 11.8 Å². The van der Waals surface area contributed by atoms with E-state index in [0.29, 0.717) is 17.1 Å². The lowest BCUT2D eigenvalue weighted by atomic mass is 10.2. The molecule has 7 nitrogen and oxygen atoms in total. The second kappa shape index (κ2) is 8.64. The Morgan fingerprint density at radius 2 is 1.63 bits per heavy atom. The van der Waals surface area contributed by atoms with Crippen LogP contribution in [0.1, 0.15) is 24.3 Å². The van der Waals surface area contributed by atoms with Crippen molar-refractivity contribution in [1.82, 2.24) is 9.88 Å². The summed E-state index contributed by atoms with van der Waals surface area (Å²) in [6, 6.07) is 10.8. The summed E-state index contributed by atoms with van der Waals surface area (Å²) in [5.74, 6) is -0.385. The quantitative estimate of drug-likeness (QED) is 0.849. The predicted molar refractivity (Wildman–Crippen MR) is 107 cm³/mol. The van der Waals surface area contributed by atoms with Crippen molar-refractivity contribution in [3.8, 4) is 0 Å². The monoisotopic (exact) mass is 367 g/mol. The highest BCUT2D eigenvalue weighted by atomic mass is 16.2. The van der Waals surface area contributed by atoms with Gasteiger partial charge in [-0.15, -0.1) is 0 Å². The lowest BCUT2D eigenvalue weighted by molar-refractivity contribution is -0.114. The molecule has 1 fully saturated rings. The van der Waals surface area contributed by atoms with Gasteiger partial charge < -0.3 is 20.4 Å². The molecule has 1 aliphatic heterocycles. The molecule has 2 aromatic rings. The number of hydrogen-bond donors (Lipinski definition) is 2. The minimum absolute atomic E-state index is 0.132. The Bertz CT molecular complexity index is 798. The molecule has 2 amide bonds. The third kappa shape index (κ3) is 5.04. The summed E-state index contributed by atoms with van der Waals surface area (Å²) in [6.07, 6.45) is 1.68. The zero-order valence-corrected chi connectivity index (χ0v) is 15.7. The average Bonchev–Trinajstić information content (AvgIpc) is 2.69. The molecule has 0 aliphatic carbocycles. The smallest absolute Gasteiger partial charge is 0.274 e. The van der Waals surface area contributed by atoms with Gasteiger partial charge in [-0.2, -0.15) is 0 Å². The SMILES string of the molecule is CCN1CCN(c2ccnc(C(=O)Nc3ccc(NC(C)=O)cc3)c2)CC1. The van der Waals surface area contributed by atoms with E-state index in [0.717, 1.165) is 38.4 Å². The van der Waals surface area contributed by atoms with Crippen LogP contribution in [0.5, 0.6) is 0 Å². The maximum Gasteiger partial charge on any atom is 0.274 e. The van der Waals surface area contributed by atoms with E-state index in [1.807, 2.05) is 12.1 Å². The number of anilines is 3. The lowest BCUT2D eigenvalue weighted by Crippen LogP contribution is -2.46. The van der Waals surface area contributed by atoms with Gasteiger partial charge in [0.25, 0.3) is 5.91 Å². The molecule has 0 unspecified atom stereocenters. The van der Waals surface area contributed by atoms with Crippen LogP contribution >= 0.6 is 0 Å². The first-order chi connectivity index (χ1) is 13.0. The molecule has 2 N–H and O–H groups in total. The van der Waals surface area contributed by atoms with E-state index < -0.39 is 0 Å². The molecule has 1 aliphatic rings. The molecular weight excluding hydrogens is 342 g/mol. The second-order valence-corrected chi connectivity index (χ2v) is 6.53. The van der Waals surface area contributed by atoms with Gasteiger partial charge in [0.2, 0.25) is 5.91 Å². The van der Waals surface area contributed by atoms with Crippen LogP contribution in [0, 0.1) is 0 Å². The van der Waals surface area contributed by atoms with Gasteiger partial charge in [0.05, 0.1) is 0 Å². The van der Waals surface area contributed by atoms with Crippen molar-refractivity contribution in [2.75, 3.05) is 48.3 Å². The molecule has 2 heterocycles. The number of nitrogens with one attached hydrogen (secondary N) is 2. The second-order valence-electron chi connectivity index (χ2n) is 6.53. The fourth-order valence-electron chi connectivity index (χ4n) is 3.10. The van der Waals surface area contributed by atoms with Crippen LogP contribution in [0.15, 0.2) is 42.6 Å². The van der Waals surface area contributed by atoms with Crippen molar-refractivity contribution in [2.24, 2.45) is 0 Å². The lowest BCUT2D eigenvalue weighted by Gasteiger charge is -2.35. The van der Waals surface area contributed by atoms with Crippen LogP contribution in [-0.2, 0) is 4.79 Å². The molecule has 0 spiro atoms. The molecule has 0 radical (unpaired) electrons. The molecule has 3 rings (SSSR count). The summed E-state index contributed by atoms with van der Waals surface area (Å²) in [5, 5.41) is 5.54. The maximum absolute atomic E-state index is 12.5. The number of pyridine rings is 1. The van der Waals surface area contributed by atoms with Gasteiger partial charge in [0.1, 0.15) is 5.69 Å². The Hall–Kier alpha value is -2.93. The molecule has 27 heavy (non-hydrogen) atoms. The number of carbonyl (C=O) groups excluding carboxylic acids is 2. The van der Waals surface area contributed by atoms with Crippen LogP contribution in [0.4, 0.5) is 17.1 Å². The highest BCUT2D eigenvalue weighted by Crippen LogP contribution is 2.18. The van der Waals surface area contributed by atoms with E-state index in [1.165, 1.54) is 6.92 Å². The summed E-state index contributed by atoms with van der Waals surface area (Å²) in [5.41, 5.74) is 2.74.